The Balaban J connectivity index is 1.59. The third-order valence-corrected chi connectivity index (χ3v) is 4.95. The molecule has 1 amide bonds. The number of carbonyl (C=O) groups excluding carboxylic acids is 1. The van der Waals surface area contributed by atoms with E-state index in [4.69, 9.17) is 0 Å². The van der Waals surface area contributed by atoms with E-state index in [1.165, 1.54) is 11.1 Å². The van der Waals surface area contributed by atoms with Crippen molar-refractivity contribution in [2.24, 2.45) is 0 Å². The van der Waals surface area contributed by atoms with Crippen molar-refractivity contribution in [3.63, 3.8) is 0 Å². The van der Waals surface area contributed by atoms with Crippen LogP contribution < -0.4 is 4.90 Å². The van der Waals surface area contributed by atoms with Gasteiger partial charge in [0.2, 0.25) is 11.9 Å². The van der Waals surface area contributed by atoms with E-state index in [1.54, 1.807) is 29.4 Å². The van der Waals surface area contributed by atoms with Crippen LogP contribution in [0.4, 0.5) is 5.95 Å². The molecule has 0 aliphatic carbocycles. The molecule has 0 fully saturated rings. The number of rotatable bonds is 5. The lowest BCUT2D eigenvalue weighted by atomic mass is 9.94. The Morgan fingerprint density at radius 1 is 1.19 bits per heavy atom. The molecule has 142 valence electrons. The van der Waals surface area contributed by atoms with E-state index in [-0.39, 0.29) is 5.91 Å². The molecule has 2 aromatic rings. The third kappa shape index (κ3) is 4.71. The van der Waals surface area contributed by atoms with Crippen molar-refractivity contribution in [3.8, 4) is 0 Å². The lowest BCUT2D eigenvalue weighted by Crippen LogP contribution is -2.45. The number of benzene rings is 1. The van der Waals surface area contributed by atoms with Crippen LogP contribution in [-0.4, -0.2) is 66.5 Å². The van der Waals surface area contributed by atoms with Gasteiger partial charge in [0.25, 0.3) is 0 Å². The molecule has 1 aromatic carbocycles. The van der Waals surface area contributed by atoms with Crippen molar-refractivity contribution in [3.05, 3.63) is 59.4 Å². The zero-order valence-electron chi connectivity index (χ0n) is 16.5. The first-order valence-corrected chi connectivity index (χ1v) is 9.13. The molecule has 27 heavy (non-hydrogen) atoms. The fraction of sp³-hybridized carbons (Fsp3) is 0.381. The van der Waals surface area contributed by atoms with Gasteiger partial charge in [0.1, 0.15) is 0 Å². The maximum absolute atomic E-state index is 12.5. The smallest absolute Gasteiger partial charge is 0.246 e. The van der Waals surface area contributed by atoms with Gasteiger partial charge in [0, 0.05) is 64.3 Å². The first kappa shape index (κ1) is 19.0. The van der Waals surface area contributed by atoms with Crippen LogP contribution in [0.5, 0.6) is 0 Å². The van der Waals surface area contributed by atoms with Crippen molar-refractivity contribution in [2.75, 3.05) is 39.6 Å². The zero-order valence-corrected chi connectivity index (χ0v) is 16.5. The highest BCUT2D eigenvalue weighted by molar-refractivity contribution is 5.91. The second kappa shape index (κ2) is 8.31. The summed E-state index contributed by atoms with van der Waals surface area (Å²) < 4.78 is 0. The van der Waals surface area contributed by atoms with Crippen LogP contribution in [0.25, 0.3) is 6.08 Å². The lowest BCUT2D eigenvalue weighted by molar-refractivity contribution is -0.125. The predicted molar refractivity (Wildman–Crippen MR) is 108 cm³/mol. The zero-order chi connectivity index (χ0) is 19.4. The third-order valence-electron chi connectivity index (χ3n) is 4.95. The Morgan fingerprint density at radius 2 is 1.85 bits per heavy atom. The molecule has 1 aliphatic rings. The summed E-state index contributed by atoms with van der Waals surface area (Å²) in [7, 11) is 7.76. The van der Waals surface area contributed by atoms with Gasteiger partial charge in [0.05, 0.1) is 0 Å². The predicted octanol–water partition coefficient (Wildman–Crippen LogP) is 2.07. The molecule has 1 unspecified atom stereocenters. The number of anilines is 1. The van der Waals surface area contributed by atoms with Crippen molar-refractivity contribution in [1.29, 1.82) is 0 Å². The number of carbonyl (C=O) groups is 1. The van der Waals surface area contributed by atoms with E-state index in [0.29, 0.717) is 18.5 Å². The van der Waals surface area contributed by atoms with E-state index in [1.807, 2.05) is 26.0 Å². The minimum atomic E-state index is -0.0149. The molecule has 0 saturated carbocycles. The Bertz CT molecular complexity index is 816. The van der Waals surface area contributed by atoms with Crippen molar-refractivity contribution < 1.29 is 4.79 Å². The minimum absolute atomic E-state index is 0.0149. The average molecular weight is 365 g/mol. The highest BCUT2D eigenvalue weighted by atomic mass is 16.2. The van der Waals surface area contributed by atoms with Crippen molar-refractivity contribution in [1.82, 2.24) is 19.8 Å². The summed E-state index contributed by atoms with van der Waals surface area (Å²) in [6.45, 7) is 1.62. The fourth-order valence-electron chi connectivity index (χ4n) is 3.27. The summed E-state index contributed by atoms with van der Waals surface area (Å²) in [4.78, 5) is 26.9. The van der Waals surface area contributed by atoms with E-state index >= 15 is 0 Å². The summed E-state index contributed by atoms with van der Waals surface area (Å²) in [6.07, 6.45) is 7.76. The Labute approximate surface area is 161 Å². The van der Waals surface area contributed by atoms with Gasteiger partial charge in [0.15, 0.2) is 0 Å². The van der Waals surface area contributed by atoms with Gasteiger partial charge in [-0.1, -0.05) is 24.3 Å². The topological polar surface area (TPSA) is 52.6 Å². The molecule has 1 atom stereocenters. The second-order valence-electron chi connectivity index (χ2n) is 7.30. The number of hydrogen-bond donors (Lipinski definition) is 0. The van der Waals surface area contributed by atoms with Gasteiger partial charge in [-0.25, -0.2) is 9.97 Å². The number of aromatic nitrogens is 2. The molecule has 1 aliphatic heterocycles. The van der Waals surface area contributed by atoms with Crippen LogP contribution in [0, 0.1) is 0 Å². The summed E-state index contributed by atoms with van der Waals surface area (Å²) in [5, 5.41) is 0. The Morgan fingerprint density at radius 3 is 2.52 bits per heavy atom. The number of hydrogen-bond acceptors (Lipinski definition) is 5. The fourth-order valence-corrected chi connectivity index (χ4v) is 3.27. The molecule has 0 spiro atoms. The van der Waals surface area contributed by atoms with Crippen LogP contribution in [0.1, 0.15) is 16.7 Å². The van der Waals surface area contributed by atoms with Crippen molar-refractivity contribution in [2.45, 2.75) is 19.0 Å². The Hall–Kier alpha value is -2.73. The van der Waals surface area contributed by atoms with Crippen LogP contribution >= 0.6 is 0 Å². The highest BCUT2D eigenvalue weighted by Gasteiger charge is 2.24. The Kier molecular flexibility index (Phi) is 5.86. The van der Waals surface area contributed by atoms with Gasteiger partial charge >= 0.3 is 0 Å². The molecule has 0 saturated heterocycles. The lowest BCUT2D eigenvalue weighted by Gasteiger charge is -2.36. The maximum atomic E-state index is 12.5. The normalized spacial score (nSPS) is 17.0. The second-order valence-corrected chi connectivity index (χ2v) is 7.30. The molecule has 1 aromatic heterocycles. The van der Waals surface area contributed by atoms with Gasteiger partial charge < -0.3 is 9.80 Å². The molecular weight excluding hydrogens is 338 g/mol. The highest BCUT2D eigenvalue weighted by Crippen LogP contribution is 2.22. The summed E-state index contributed by atoms with van der Waals surface area (Å²) in [5.74, 6) is 0.634. The summed E-state index contributed by atoms with van der Waals surface area (Å²) in [6, 6.07) is 8.87. The van der Waals surface area contributed by atoms with E-state index in [9.17, 15) is 4.79 Å². The minimum Gasteiger partial charge on any atom is -0.347 e. The maximum Gasteiger partial charge on any atom is 0.246 e. The molecule has 2 heterocycles. The van der Waals surface area contributed by atoms with Gasteiger partial charge in [-0.15, -0.1) is 0 Å². The van der Waals surface area contributed by atoms with Gasteiger partial charge in [-0.3, -0.25) is 9.69 Å². The number of amides is 1. The molecule has 0 bridgehead atoms. The van der Waals surface area contributed by atoms with Gasteiger partial charge in [-0.05, 0) is 30.7 Å². The van der Waals surface area contributed by atoms with E-state index in [2.05, 4.69) is 46.2 Å². The monoisotopic (exact) mass is 365 g/mol. The molecule has 6 heteroatoms. The van der Waals surface area contributed by atoms with Gasteiger partial charge in [-0.2, -0.15) is 0 Å². The molecule has 0 radical (unpaired) electrons. The van der Waals surface area contributed by atoms with E-state index in [0.717, 1.165) is 18.5 Å². The largest absolute Gasteiger partial charge is 0.347 e. The first-order chi connectivity index (χ1) is 12.9. The first-order valence-electron chi connectivity index (χ1n) is 9.13. The molecule has 3 rings (SSSR count). The van der Waals surface area contributed by atoms with Crippen LogP contribution in [0.15, 0.2) is 42.7 Å². The van der Waals surface area contributed by atoms with Crippen LogP contribution in [-0.2, 0) is 17.8 Å². The van der Waals surface area contributed by atoms with Crippen LogP contribution in [0.2, 0.25) is 0 Å². The molecule has 0 N–H and O–H groups in total. The van der Waals surface area contributed by atoms with Crippen molar-refractivity contribution >= 4 is 17.9 Å². The van der Waals surface area contributed by atoms with Crippen LogP contribution in [0.3, 0.4) is 0 Å². The summed E-state index contributed by atoms with van der Waals surface area (Å²) in [5.41, 5.74) is 3.58. The molecule has 6 nitrogen and oxygen atoms in total. The number of likely N-dealkylation sites (N-methyl/N-ethyl adjacent to an activating group) is 2. The average Bonchev–Trinajstić information content (AvgIpc) is 2.66. The number of fused-ring (bicyclic) bond motifs is 1. The van der Waals surface area contributed by atoms with E-state index < -0.39 is 0 Å². The quantitative estimate of drug-likeness (QED) is 0.760. The SMILES string of the molecule is CN(CC1Cc2ccccc2CN1C)C(=O)C=Cc1cnc(N(C)C)nc1. The summed E-state index contributed by atoms with van der Waals surface area (Å²) >= 11 is 0. The standard InChI is InChI=1S/C21H27N5O/c1-24(2)21-22-12-16(13-23-21)9-10-20(27)26(4)15-19-11-17-7-5-6-8-18(17)14-25(19)3/h5-10,12-13,19H,11,14-15H2,1-4H3. The molecular formula is C21H27N5O. The number of nitrogens with zero attached hydrogens (tertiary/aromatic N) is 5.